The number of carboxylic acid groups (broad SMARTS) is 1. The van der Waals surface area contributed by atoms with Gasteiger partial charge in [-0.2, -0.15) is 0 Å². The monoisotopic (exact) mass is 964 g/mol. The number of rotatable bonds is 12. The van der Waals surface area contributed by atoms with E-state index in [4.69, 9.17) is 4.74 Å². The van der Waals surface area contributed by atoms with Crippen LogP contribution in [0.4, 0.5) is 0 Å². The maximum absolute atomic E-state index is 14.1. The number of aliphatic carboxylic acids is 1. The number of amides is 2. The van der Waals surface area contributed by atoms with E-state index in [1.165, 1.54) is 18.2 Å². The number of carboxylic acids is 1. The van der Waals surface area contributed by atoms with Crippen LogP contribution in [0.5, 0.6) is 0 Å². The predicted molar refractivity (Wildman–Crippen MR) is 273 cm³/mol. The van der Waals surface area contributed by atoms with Gasteiger partial charge in [0.2, 0.25) is 11.8 Å². The molecule has 0 bridgehead atoms. The van der Waals surface area contributed by atoms with E-state index in [0.29, 0.717) is 37.8 Å². The molecule has 0 spiro atoms. The second kappa shape index (κ2) is 25.8. The Bertz CT molecular complexity index is 2560. The van der Waals surface area contributed by atoms with Crippen LogP contribution in [0.2, 0.25) is 0 Å². The van der Waals surface area contributed by atoms with Crippen molar-refractivity contribution in [1.82, 2.24) is 19.6 Å². The number of hydrogen-bond acceptors (Lipinski definition) is 8. The van der Waals surface area contributed by atoms with Crippen LogP contribution >= 0.6 is 0 Å². The Morgan fingerprint density at radius 1 is 0.486 bits per heavy atom. The Kier molecular flexibility index (Phi) is 19.7. The number of carbonyl (C=O) groups is 4. The molecule has 0 saturated carbocycles. The molecule has 4 fully saturated rings. The number of methoxy groups -OCH3 is 1. The maximum atomic E-state index is 14.1. The van der Waals surface area contributed by atoms with E-state index in [9.17, 15) is 24.3 Å². The molecule has 0 aromatic heterocycles. The number of esters is 1. The summed E-state index contributed by atoms with van der Waals surface area (Å²) in [4.78, 5) is 61.4. The normalized spacial score (nSPS) is 21.7. The number of hydrogen-bond donors (Lipinski definition) is 1. The molecule has 370 valence electrons. The Balaban J connectivity index is 0.000000226. The minimum Gasteiger partial charge on any atom is -0.870 e. The van der Waals surface area contributed by atoms with Crippen LogP contribution in [0, 0.1) is 0 Å². The van der Waals surface area contributed by atoms with Gasteiger partial charge in [-0.3, -0.25) is 19.4 Å². The fraction of sp³-hybridized carbons (Fsp3) is 0.322. The number of likely N-dealkylation sites (tertiary alicyclic amines) is 4. The van der Waals surface area contributed by atoms with Gasteiger partial charge in [-0.25, -0.2) is 9.59 Å². The topological polar surface area (TPSA) is 172 Å². The van der Waals surface area contributed by atoms with Crippen LogP contribution in [0.1, 0.15) is 82.7 Å². The van der Waals surface area contributed by atoms with Gasteiger partial charge in [0.15, 0.2) is 0 Å². The van der Waals surface area contributed by atoms with E-state index < -0.39 is 29.9 Å². The van der Waals surface area contributed by atoms with Gasteiger partial charge in [0, 0.05) is 38.3 Å². The predicted octanol–water partition coefficient (Wildman–Crippen LogP) is 4.82. The third-order valence-corrected chi connectivity index (χ3v) is 14.9. The molecule has 2 amide bonds. The molecule has 6 aromatic rings. The Labute approximate surface area is 435 Å². The molecule has 4 saturated heterocycles. The molecule has 6 atom stereocenters. The summed E-state index contributed by atoms with van der Waals surface area (Å²) in [5.74, 6) is -1.47. The number of nitrogens with zero attached hydrogens (tertiary/aromatic N) is 4. The summed E-state index contributed by atoms with van der Waals surface area (Å²) >= 11 is 0. The summed E-state index contributed by atoms with van der Waals surface area (Å²) in [5.41, 5.74) is 6.33. The molecule has 13 heteroatoms. The van der Waals surface area contributed by atoms with Gasteiger partial charge in [0.1, 0.15) is 12.1 Å². The summed E-state index contributed by atoms with van der Waals surface area (Å²) in [5, 5.41) is 10.0. The molecule has 6 aromatic carbocycles. The van der Waals surface area contributed by atoms with E-state index in [0.717, 1.165) is 61.3 Å². The molecular weight excluding hydrogens is 900 g/mol. The summed E-state index contributed by atoms with van der Waals surface area (Å²) < 4.78 is 5.16. The Hall–Kier alpha value is -6.36. The fourth-order valence-electron chi connectivity index (χ4n) is 11.3. The third-order valence-electron chi connectivity index (χ3n) is 14.9. The van der Waals surface area contributed by atoms with Gasteiger partial charge in [-0.1, -0.05) is 182 Å². The molecule has 72 heavy (non-hydrogen) atoms. The minimum absolute atomic E-state index is 0. The number of ether oxygens (including phenoxy) is 1. The summed E-state index contributed by atoms with van der Waals surface area (Å²) in [7, 11) is 1.41. The summed E-state index contributed by atoms with van der Waals surface area (Å²) in [6, 6.07) is 59.0. The molecule has 4 N–H and O–H groups in total. The average molecular weight is 965 g/mol. The minimum atomic E-state index is -0.922. The maximum Gasteiger partial charge on any atom is 1.00 e. The summed E-state index contributed by atoms with van der Waals surface area (Å²) in [6.07, 6.45) is 3.23. The molecule has 4 aliphatic rings. The largest absolute Gasteiger partial charge is 1.00 e. The van der Waals surface area contributed by atoms with Crippen molar-refractivity contribution < 1.29 is 58.8 Å². The van der Waals surface area contributed by atoms with Crippen LogP contribution in [0.3, 0.4) is 0 Å². The molecule has 12 nitrogen and oxygen atoms in total. The van der Waals surface area contributed by atoms with Crippen LogP contribution in [-0.4, -0.2) is 130 Å². The first kappa shape index (κ1) is 55.0. The Morgan fingerprint density at radius 3 is 1.11 bits per heavy atom. The van der Waals surface area contributed by atoms with Crippen molar-refractivity contribution in [3.63, 3.8) is 0 Å². The zero-order valence-electron chi connectivity index (χ0n) is 41.2. The van der Waals surface area contributed by atoms with Crippen molar-refractivity contribution >= 4 is 23.8 Å². The first-order chi connectivity index (χ1) is 33.8. The second-order valence-electron chi connectivity index (χ2n) is 18.9. The molecule has 4 aliphatic heterocycles. The summed E-state index contributed by atoms with van der Waals surface area (Å²) in [6.45, 7) is 4.75. The van der Waals surface area contributed by atoms with Crippen molar-refractivity contribution in [2.24, 2.45) is 0 Å². The van der Waals surface area contributed by atoms with Gasteiger partial charge in [-0.15, -0.1) is 0 Å². The molecular formula is C59H65LiN4O8. The van der Waals surface area contributed by atoms with Crippen molar-refractivity contribution in [2.75, 3.05) is 46.4 Å². The van der Waals surface area contributed by atoms with Crippen LogP contribution in [0.15, 0.2) is 182 Å². The van der Waals surface area contributed by atoms with Gasteiger partial charge in [0.05, 0.1) is 18.9 Å². The first-order valence-corrected chi connectivity index (χ1v) is 24.5. The van der Waals surface area contributed by atoms with Gasteiger partial charge < -0.3 is 30.6 Å². The van der Waals surface area contributed by atoms with Crippen molar-refractivity contribution in [1.29, 1.82) is 0 Å². The fourth-order valence-corrected chi connectivity index (χ4v) is 11.3. The molecule has 0 unspecified atom stereocenters. The van der Waals surface area contributed by atoms with E-state index in [2.05, 4.69) is 58.3 Å². The third kappa shape index (κ3) is 12.4. The average Bonchev–Trinajstić information content (AvgIpc) is 4.25. The standard InChI is InChI=1S/C30H32N2O3.C29H30N2O3.Li.2H2O/c1-35-30(34)27-19-26(31-18-17-25(20-31)22-11-5-2-6-12-22)21-32(27)29(33)28(23-13-7-3-8-14-23)24-15-9-4-10-16-24;32-28(27(22-12-6-2-7-13-22)23-14-8-3-9-15-23)31-20-25(18-26(31)29(33)34)30-17-16-24(19-30)21-10-4-1-5-11-21;;;/h2-16,25-28H,17-21H2,1H3;1-15,24-27H,16-20H2,(H,33,34);;2*1H2/q;;+1;;/p-1/t25-,26+,27+;24-,25+,26+;;;/m11.../s1. The first-order valence-electron chi connectivity index (χ1n) is 24.5. The van der Waals surface area contributed by atoms with Gasteiger partial charge >= 0.3 is 30.8 Å². The van der Waals surface area contributed by atoms with Crippen molar-refractivity contribution in [3.05, 3.63) is 215 Å². The van der Waals surface area contributed by atoms with Gasteiger partial charge in [-0.05, 0) is 84.0 Å². The number of benzene rings is 6. The Morgan fingerprint density at radius 2 is 0.792 bits per heavy atom. The van der Waals surface area contributed by atoms with Crippen LogP contribution in [-0.2, 0) is 23.9 Å². The van der Waals surface area contributed by atoms with E-state index >= 15 is 0 Å². The zero-order chi connectivity index (χ0) is 47.7. The van der Waals surface area contributed by atoms with Crippen LogP contribution < -0.4 is 18.9 Å². The van der Waals surface area contributed by atoms with Crippen molar-refractivity contribution in [3.8, 4) is 0 Å². The molecule has 0 aliphatic carbocycles. The van der Waals surface area contributed by atoms with Gasteiger partial charge in [0.25, 0.3) is 0 Å². The molecule has 0 radical (unpaired) electrons. The smallest absolute Gasteiger partial charge is 0.870 e. The zero-order valence-corrected chi connectivity index (χ0v) is 41.2. The number of carbonyl (C=O) groups excluding carboxylic acids is 3. The molecule has 4 heterocycles. The van der Waals surface area contributed by atoms with E-state index in [1.807, 2.05) is 133 Å². The van der Waals surface area contributed by atoms with E-state index in [1.54, 1.807) is 9.80 Å². The van der Waals surface area contributed by atoms with Crippen LogP contribution in [0.25, 0.3) is 0 Å². The van der Waals surface area contributed by atoms with E-state index in [-0.39, 0.29) is 59.7 Å². The second-order valence-corrected chi connectivity index (χ2v) is 18.9. The SMILES string of the molecule is COC(=O)[C@@H]1C[C@H](N2CC[C@@H](c3ccccc3)C2)CN1C(=O)C(c1ccccc1)c1ccccc1.O.O=C(O)[C@@H]1C[C@H](N2CC[C@@H](c3ccccc3)C2)CN1C(=O)C(c1ccccc1)c1ccccc1.[Li+].[OH-]. The molecule has 10 rings (SSSR count). The quantitative estimate of drug-likeness (QED) is 0.134. The van der Waals surface area contributed by atoms with Crippen molar-refractivity contribution in [2.45, 2.75) is 73.5 Å².